The minimum Gasteiger partial charge on any atom is -0.465 e. The highest BCUT2D eigenvalue weighted by molar-refractivity contribution is 7.21. The number of rotatable bonds is 5. The summed E-state index contributed by atoms with van der Waals surface area (Å²) in [5.74, 6) is -0.714. The summed E-state index contributed by atoms with van der Waals surface area (Å²) in [7, 11) is 1.37. The Labute approximate surface area is 183 Å². The van der Waals surface area contributed by atoms with E-state index in [0.29, 0.717) is 21.1 Å². The lowest BCUT2D eigenvalue weighted by Gasteiger charge is -2.07. The summed E-state index contributed by atoms with van der Waals surface area (Å²) in [6.07, 6.45) is 6.93. The number of thiophene rings is 2. The third-order valence-electron chi connectivity index (χ3n) is 5.40. The van der Waals surface area contributed by atoms with Gasteiger partial charge >= 0.3 is 5.97 Å². The molecule has 1 aliphatic rings. The van der Waals surface area contributed by atoms with Crippen molar-refractivity contribution < 1.29 is 14.3 Å². The zero-order valence-electron chi connectivity index (χ0n) is 17.2. The summed E-state index contributed by atoms with van der Waals surface area (Å²) >= 11 is 2.77. The van der Waals surface area contributed by atoms with Crippen LogP contribution in [0.2, 0.25) is 0 Å². The molecule has 158 valence electrons. The van der Waals surface area contributed by atoms with E-state index in [1.807, 2.05) is 12.1 Å². The van der Waals surface area contributed by atoms with Gasteiger partial charge in [-0.3, -0.25) is 4.79 Å². The molecule has 1 amide bonds. The van der Waals surface area contributed by atoms with Gasteiger partial charge in [-0.05, 0) is 49.8 Å². The first-order valence-corrected chi connectivity index (χ1v) is 11.9. The minimum absolute atomic E-state index is 0.311. The maximum absolute atomic E-state index is 13.1. The fraction of sp³-hybridized carbons (Fsp3) is 0.409. The van der Waals surface area contributed by atoms with E-state index in [4.69, 9.17) is 10.5 Å². The number of nitrogens with zero attached hydrogens (tertiary/aromatic N) is 1. The third kappa shape index (κ3) is 3.81. The minimum atomic E-state index is -0.403. The SMILES string of the molecule is CCCc1ccc2c(N)c(C(=O)Nc3sc4c(c3C(=O)OC)CCCCC4)sc2n1. The van der Waals surface area contributed by atoms with Crippen molar-refractivity contribution in [3.8, 4) is 0 Å². The van der Waals surface area contributed by atoms with Gasteiger partial charge in [-0.15, -0.1) is 22.7 Å². The van der Waals surface area contributed by atoms with Crippen LogP contribution in [0, 0.1) is 0 Å². The zero-order chi connectivity index (χ0) is 21.3. The standard InChI is InChI=1S/C22H25N3O3S2/c1-3-7-12-10-11-14-17(23)18(30-20(14)24-12)19(26)25-21-16(22(27)28-2)13-8-5-4-6-9-15(13)29-21/h10-11H,3-9,23H2,1-2H3,(H,25,26). The highest BCUT2D eigenvalue weighted by atomic mass is 32.1. The van der Waals surface area contributed by atoms with Crippen LogP contribution in [0.3, 0.4) is 0 Å². The molecule has 30 heavy (non-hydrogen) atoms. The van der Waals surface area contributed by atoms with Gasteiger partial charge in [0.2, 0.25) is 0 Å². The van der Waals surface area contributed by atoms with Crippen molar-refractivity contribution in [1.82, 2.24) is 4.98 Å². The van der Waals surface area contributed by atoms with Crippen molar-refractivity contribution >= 4 is 55.5 Å². The fourth-order valence-electron chi connectivity index (χ4n) is 3.91. The number of fused-ring (bicyclic) bond motifs is 2. The van der Waals surface area contributed by atoms with Crippen LogP contribution in [0.15, 0.2) is 12.1 Å². The number of hydrogen-bond donors (Lipinski definition) is 2. The van der Waals surface area contributed by atoms with Crippen LogP contribution in [-0.2, 0) is 24.0 Å². The largest absolute Gasteiger partial charge is 0.465 e. The Morgan fingerprint density at radius 1 is 1.20 bits per heavy atom. The molecular weight excluding hydrogens is 418 g/mol. The predicted molar refractivity (Wildman–Crippen MR) is 123 cm³/mol. The molecule has 0 aliphatic heterocycles. The second-order valence-corrected chi connectivity index (χ2v) is 9.57. The predicted octanol–water partition coefficient (Wildman–Crippen LogP) is 5.20. The van der Waals surface area contributed by atoms with Gasteiger partial charge in [0.15, 0.2) is 0 Å². The monoisotopic (exact) mass is 443 g/mol. The Balaban J connectivity index is 1.69. The molecule has 3 aromatic rings. The number of nitrogens with two attached hydrogens (primary N) is 1. The van der Waals surface area contributed by atoms with E-state index >= 15 is 0 Å². The number of hydrogen-bond acceptors (Lipinski definition) is 7. The Bertz CT molecular complexity index is 1120. The maximum atomic E-state index is 13.1. The van der Waals surface area contributed by atoms with Gasteiger partial charge in [0.05, 0.1) is 18.4 Å². The van der Waals surface area contributed by atoms with Gasteiger partial charge in [-0.1, -0.05) is 19.8 Å². The molecule has 8 heteroatoms. The highest BCUT2D eigenvalue weighted by Crippen LogP contribution is 2.39. The molecule has 0 radical (unpaired) electrons. The van der Waals surface area contributed by atoms with Gasteiger partial charge in [0.1, 0.15) is 14.7 Å². The summed E-state index contributed by atoms with van der Waals surface area (Å²) < 4.78 is 5.02. The average Bonchev–Trinajstić information content (AvgIpc) is 3.15. The first-order chi connectivity index (χ1) is 14.5. The summed E-state index contributed by atoms with van der Waals surface area (Å²) in [5, 5.41) is 4.29. The number of nitrogen functional groups attached to an aromatic ring is 1. The lowest BCUT2D eigenvalue weighted by molar-refractivity contribution is 0.0601. The van der Waals surface area contributed by atoms with Crippen molar-refractivity contribution in [2.45, 2.75) is 51.9 Å². The van der Waals surface area contributed by atoms with Gasteiger partial charge < -0.3 is 15.8 Å². The molecule has 0 bridgehead atoms. The third-order valence-corrected chi connectivity index (χ3v) is 7.72. The molecule has 0 fully saturated rings. The molecule has 0 saturated heterocycles. The zero-order valence-corrected chi connectivity index (χ0v) is 18.8. The van der Waals surface area contributed by atoms with Gasteiger partial charge in [-0.25, -0.2) is 9.78 Å². The number of pyridine rings is 1. The Hall–Kier alpha value is -2.45. The molecule has 3 aromatic heterocycles. The highest BCUT2D eigenvalue weighted by Gasteiger charge is 2.27. The van der Waals surface area contributed by atoms with Crippen LogP contribution in [0.1, 0.15) is 68.8 Å². The second kappa shape index (κ2) is 8.73. The number of aromatic nitrogens is 1. The Morgan fingerprint density at radius 2 is 2.00 bits per heavy atom. The van der Waals surface area contributed by atoms with Crippen molar-refractivity contribution in [2.75, 3.05) is 18.2 Å². The molecular formula is C22H25N3O3S2. The van der Waals surface area contributed by atoms with Crippen LogP contribution < -0.4 is 11.1 Å². The molecule has 1 aliphatic carbocycles. The summed E-state index contributed by atoms with van der Waals surface area (Å²) in [6, 6.07) is 3.89. The molecule has 0 saturated carbocycles. The van der Waals surface area contributed by atoms with Crippen molar-refractivity contribution in [2.24, 2.45) is 0 Å². The van der Waals surface area contributed by atoms with E-state index in [9.17, 15) is 9.59 Å². The normalized spacial score (nSPS) is 13.7. The van der Waals surface area contributed by atoms with E-state index in [0.717, 1.165) is 66.4 Å². The lowest BCUT2D eigenvalue weighted by atomic mass is 10.1. The van der Waals surface area contributed by atoms with E-state index in [2.05, 4.69) is 17.2 Å². The number of methoxy groups -OCH3 is 1. The molecule has 3 heterocycles. The summed E-state index contributed by atoms with van der Waals surface area (Å²) in [4.78, 5) is 32.6. The summed E-state index contributed by atoms with van der Waals surface area (Å²) in [5.41, 5.74) is 9.23. The quantitative estimate of drug-likeness (QED) is 0.417. The van der Waals surface area contributed by atoms with Gasteiger partial charge in [0, 0.05) is 16.0 Å². The number of nitrogens with one attached hydrogen (secondary N) is 1. The second-order valence-electron chi connectivity index (χ2n) is 7.46. The van der Waals surface area contributed by atoms with Gasteiger partial charge in [0.25, 0.3) is 5.91 Å². The van der Waals surface area contributed by atoms with Crippen LogP contribution in [0.4, 0.5) is 10.7 Å². The van der Waals surface area contributed by atoms with Crippen LogP contribution >= 0.6 is 22.7 Å². The fourth-order valence-corrected chi connectivity index (χ4v) is 6.19. The van der Waals surface area contributed by atoms with E-state index in [1.165, 1.54) is 34.7 Å². The molecule has 3 N–H and O–H groups in total. The number of carbonyl (C=O) groups is 2. The number of aryl methyl sites for hydroxylation is 2. The Kier molecular flexibility index (Phi) is 6.06. The van der Waals surface area contributed by atoms with Crippen molar-refractivity contribution in [3.05, 3.63) is 38.7 Å². The molecule has 4 rings (SSSR count). The van der Waals surface area contributed by atoms with Crippen LogP contribution in [0.5, 0.6) is 0 Å². The smallest absolute Gasteiger partial charge is 0.341 e. The molecule has 6 nitrogen and oxygen atoms in total. The first-order valence-electron chi connectivity index (χ1n) is 10.3. The van der Waals surface area contributed by atoms with E-state index < -0.39 is 5.97 Å². The molecule has 0 unspecified atom stereocenters. The number of amides is 1. The average molecular weight is 444 g/mol. The lowest BCUT2D eigenvalue weighted by Crippen LogP contribution is -2.14. The summed E-state index contributed by atoms with van der Waals surface area (Å²) in [6.45, 7) is 2.11. The van der Waals surface area contributed by atoms with Crippen LogP contribution in [0.25, 0.3) is 10.2 Å². The van der Waals surface area contributed by atoms with Crippen molar-refractivity contribution in [1.29, 1.82) is 0 Å². The molecule has 0 spiro atoms. The molecule has 0 atom stereocenters. The first kappa shape index (κ1) is 20.8. The van der Waals surface area contributed by atoms with E-state index in [1.54, 1.807) is 0 Å². The topological polar surface area (TPSA) is 94.3 Å². The van der Waals surface area contributed by atoms with E-state index in [-0.39, 0.29) is 5.91 Å². The van der Waals surface area contributed by atoms with Crippen LogP contribution in [-0.4, -0.2) is 24.0 Å². The molecule has 0 aromatic carbocycles. The van der Waals surface area contributed by atoms with Crippen molar-refractivity contribution in [3.63, 3.8) is 0 Å². The number of ether oxygens (including phenoxy) is 1. The van der Waals surface area contributed by atoms with Gasteiger partial charge in [-0.2, -0.15) is 0 Å². The number of carbonyl (C=O) groups excluding carboxylic acids is 2. The maximum Gasteiger partial charge on any atom is 0.341 e. The number of anilines is 2. The Morgan fingerprint density at radius 3 is 2.77 bits per heavy atom. The number of esters is 1.